The number of hydrogen-bond acceptors (Lipinski definition) is 14. The lowest BCUT2D eigenvalue weighted by Crippen LogP contribution is -2.47. The quantitative estimate of drug-likeness (QED) is 0.0663. The van der Waals surface area contributed by atoms with E-state index < -0.39 is 55.0 Å². The Morgan fingerprint density at radius 1 is 0.786 bits per heavy atom. The lowest BCUT2D eigenvalue weighted by atomic mass is 10.1. The first-order valence-corrected chi connectivity index (χ1v) is 19.6. The topological polar surface area (TPSA) is 290 Å². The van der Waals surface area contributed by atoms with Gasteiger partial charge < -0.3 is 58.6 Å². The zero-order valence-electron chi connectivity index (χ0n) is 22.2. The molecule has 0 radical (unpaired) electrons. The molecule has 0 aromatic heterocycles. The van der Waals surface area contributed by atoms with E-state index >= 15 is 0 Å². The van der Waals surface area contributed by atoms with E-state index in [4.69, 9.17) is 5.73 Å². The van der Waals surface area contributed by atoms with Crippen molar-refractivity contribution in [1.82, 2.24) is 19.6 Å². The highest BCUT2D eigenvalue weighted by Gasteiger charge is 2.38. The number of nitrogens with two attached hydrogens (primary N) is 1. The van der Waals surface area contributed by atoms with Crippen molar-refractivity contribution >= 4 is 59.1 Å². The normalized spacial score (nSPS) is 22.9. The van der Waals surface area contributed by atoms with Gasteiger partial charge in [-0.2, -0.15) is 4.99 Å². The van der Waals surface area contributed by atoms with Gasteiger partial charge in [0, 0.05) is 63.6 Å². The van der Waals surface area contributed by atoms with Gasteiger partial charge in [-0.25, -0.2) is 0 Å². The highest BCUT2D eigenvalue weighted by molar-refractivity contribution is 7.78. The van der Waals surface area contributed by atoms with Crippen LogP contribution in [0.25, 0.3) is 0 Å². The summed E-state index contributed by atoms with van der Waals surface area (Å²) >= 11 is 4.60. The van der Waals surface area contributed by atoms with Crippen LogP contribution in [-0.2, 0) is 18.3 Å². The van der Waals surface area contributed by atoms with Crippen LogP contribution < -0.4 is 20.4 Å². The number of rotatable bonds is 10. The summed E-state index contributed by atoms with van der Waals surface area (Å²) in [5.74, 6) is -1.72. The minimum Gasteiger partial charge on any atom is -0.778 e. The number of nitrogen functional groups attached to an aromatic ring is 1. The average molecular weight is 693 g/mol. The number of benzene rings is 1. The molecular formula is C19H33N6O12P4S-3. The lowest BCUT2D eigenvalue weighted by molar-refractivity contribution is -0.197. The third kappa shape index (κ3) is 13.9. The SMILES string of the molecule is Nc1ccc(N=C=S)cc1C(N1CCN(CP(=O)([O-])O)CCN(CP(=O)([O-])O)CCN(CP(=O)([O-])O)CC1)P(=O)(O)O. The second-order valence-electron chi connectivity index (χ2n) is 9.71. The van der Waals surface area contributed by atoms with E-state index in [0.29, 0.717) is 0 Å². The van der Waals surface area contributed by atoms with Crippen LogP contribution in [0.2, 0.25) is 0 Å². The van der Waals surface area contributed by atoms with Gasteiger partial charge >= 0.3 is 7.60 Å². The first-order valence-electron chi connectivity index (χ1n) is 12.2. The average Bonchev–Trinajstić information content (AvgIpc) is 2.79. The summed E-state index contributed by atoms with van der Waals surface area (Å²) in [6.45, 7) is -1.63. The van der Waals surface area contributed by atoms with Crippen molar-refractivity contribution < 1.29 is 57.4 Å². The van der Waals surface area contributed by atoms with Crippen molar-refractivity contribution in [3.8, 4) is 0 Å². The van der Waals surface area contributed by atoms with Crippen molar-refractivity contribution in [2.75, 3.05) is 76.9 Å². The van der Waals surface area contributed by atoms with E-state index in [1.165, 1.54) is 37.8 Å². The van der Waals surface area contributed by atoms with Crippen LogP contribution in [0.1, 0.15) is 11.3 Å². The van der Waals surface area contributed by atoms with E-state index in [9.17, 15) is 57.4 Å². The highest BCUT2D eigenvalue weighted by atomic mass is 32.1. The molecule has 1 aliphatic rings. The molecule has 42 heavy (non-hydrogen) atoms. The Hall–Kier alpha value is -0.740. The third-order valence-corrected chi connectivity index (χ3v) is 9.80. The van der Waals surface area contributed by atoms with Crippen LogP contribution in [-0.4, -0.2) is 120 Å². The molecule has 7 N–H and O–H groups in total. The van der Waals surface area contributed by atoms with Crippen LogP contribution in [0.4, 0.5) is 11.4 Å². The van der Waals surface area contributed by atoms with Crippen molar-refractivity contribution in [2.24, 2.45) is 4.99 Å². The van der Waals surface area contributed by atoms with Crippen LogP contribution in [0.5, 0.6) is 0 Å². The Kier molecular flexibility index (Phi) is 13.8. The van der Waals surface area contributed by atoms with Gasteiger partial charge in [0.2, 0.25) is 0 Å². The smallest absolute Gasteiger partial charge is 0.347 e. The van der Waals surface area contributed by atoms with Gasteiger partial charge in [0.25, 0.3) is 0 Å². The molecule has 4 atom stereocenters. The molecule has 0 bridgehead atoms. The molecule has 1 aromatic rings. The molecule has 0 aliphatic carbocycles. The summed E-state index contributed by atoms with van der Waals surface area (Å²) < 4.78 is 47.9. The Balaban J connectivity index is 2.57. The van der Waals surface area contributed by atoms with Crippen molar-refractivity contribution in [2.45, 2.75) is 5.78 Å². The van der Waals surface area contributed by atoms with Crippen molar-refractivity contribution in [3.63, 3.8) is 0 Å². The number of nitrogens with zero attached hydrogens (tertiary/aromatic N) is 5. The predicted molar refractivity (Wildman–Crippen MR) is 151 cm³/mol. The molecule has 1 saturated heterocycles. The van der Waals surface area contributed by atoms with E-state index in [2.05, 4.69) is 22.4 Å². The standard InChI is InChI=1S/C19H36N6O12P4S/c20-18-2-1-16(21-12-42)11-17(18)19(41(35,36)37)25-9-7-23(14-39(29,30)31)5-3-22(13-38(26,27)28)4-6-24(8-10-25)15-40(32,33)34/h1-2,11,19H,3-10,13-15,20H2,(H2,26,27,28)(H2,29,30,31)(H2,32,33,34)(H2,35,36,37)/p-3. The maximum Gasteiger partial charge on any atom is 0.347 e. The zero-order chi connectivity index (χ0) is 31.9. The summed E-state index contributed by atoms with van der Waals surface area (Å²) in [7, 11) is -19.7. The molecule has 2 rings (SSSR count). The van der Waals surface area contributed by atoms with Crippen LogP contribution in [0.15, 0.2) is 23.2 Å². The Bertz CT molecular complexity index is 1270. The molecule has 1 aromatic carbocycles. The summed E-state index contributed by atoms with van der Waals surface area (Å²) in [4.78, 5) is 93.0. The van der Waals surface area contributed by atoms with E-state index in [0.717, 1.165) is 0 Å². The van der Waals surface area contributed by atoms with E-state index in [1.807, 2.05) is 0 Å². The van der Waals surface area contributed by atoms with Crippen LogP contribution in [0.3, 0.4) is 0 Å². The first-order chi connectivity index (χ1) is 19.2. The number of hydrogen-bond donors (Lipinski definition) is 6. The fraction of sp³-hybridized carbons (Fsp3) is 0.632. The largest absolute Gasteiger partial charge is 0.778 e. The zero-order valence-corrected chi connectivity index (χ0v) is 26.6. The molecular weight excluding hydrogens is 660 g/mol. The second kappa shape index (κ2) is 15.5. The molecule has 240 valence electrons. The summed E-state index contributed by atoms with van der Waals surface area (Å²) in [5, 5.41) is 2.14. The molecule has 0 spiro atoms. The molecule has 4 unspecified atom stereocenters. The monoisotopic (exact) mass is 693 g/mol. The van der Waals surface area contributed by atoms with Gasteiger partial charge in [0.05, 0.1) is 29.7 Å². The van der Waals surface area contributed by atoms with Crippen LogP contribution >= 0.6 is 42.6 Å². The number of thiocarbonyl (C=S) groups is 1. The summed E-state index contributed by atoms with van der Waals surface area (Å²) in [5.41, 5.74) is 6.19. The minimum atomic E-state index is -5.08. The Morgan fingerprint density at radius 2 is 1.17 bits per heavy atom. The number of aliphatic imine (C=N–C) groups is 1. The van der Waals surface area contributed by atoms with Crippen molar-refractivity contribution in [1.29, 1.82) is 0 Å². The van der Waals surface area contributed by atoms with Gasteiger partial charge in [-0.05, 0) is 30.4 Å². The van der Waals surface area contributed by atoms with Gasteiger partial charge in [-0.1, -0.05) is 0 Å². The fourth-order valence-electron chi connectivity index (χ4n) is 4.48. The molecule has 0 amide bonds. The molecule has 23 heteroatoms. The molecule has 1 heterocycles. The van der Waals surface area contributed by atoms with Gasteiger partial charge in [-0.15, -0.1) is 0 Å². The van der Waals surface area contributed by atoms with Crippen molar-refractivity contribution in [3.05, 3.63) is 23.8 Å². The molecule has 18 nitrogen and oxygen atoms in total. The number of anilines is 1. The Morgan fingerprint density at radius 3 is 1.50 bits per heavy atom. The predicted octanol–water partition coefficient (Wildman–Crippen LogP) is -2.09. The Labute approximate surface area is 247 Å². The minimum absolute atomic E-state index is 0.0213. The van der Waals surface area contributed by atoms with Crippen LogP contribution in [0, 0.1) is 0 Å². The molecule has 1 aliphatic heterocycles. The fourth-order valence-corrected chi connectivity index (χ4v) is 8.19. The maximum atomic E-state index is 12.9. The molecule has 0 saturated carbocycles. The maximum absolute atomic E-state index is 12.9. The summed E-state index contributed by atoms with van der Waals surface area (Å²) in [6.07, 6.45) is -2.59. The van der Waals surface area contributed by atoms with E-state index in [1.54, 1.807) is 0 Å². The summed E-state index contributed by atoms with van der Waals surface area (Å²) in [6, 6.07) is 4.08. The van der Waals surface area contributed by atoms with Gasteiger partial charge in [0.15, 0.2) is 0 Å². The van der Waals surface area contributed by atoms with E-state index in [-0.39, 0.29) is 69.3 Å². The number of isothiocyanates is 1. The second-order valence-corrected chi connectivity index (χ2v) is 16.2. The van der Waals surface area contributed by atoms with Gasteiger partial charge in [0.1, 0.15) is 28.6 Å². The first kappa shape index (κ1) is 37.4. The lowest BCUT2D eigenvalue weighted by Gasteiger charge is -2.39. The third-order valence-electron chi connectivity index (χ3n) is 6.20. The molecule has 1 fully saturated rings. The van der Waals surface area contributed by atoms with Gasteiger partial charge in [-0.3, -0.25) is 24.2 Å². The highest BCUT2D eigenvalue weighted by Crippen LogP contribution is 2.55.